The Kier molecular flexibility index (Phi) is 5.03. The number of rotatable bonds is 6. The van der Waals surface area contributed by atoms with Gasteiger partial charge in [0, 0.05) is 24.3 Å². The number of hydrogen-bond acceptors (Lipinski definition) is 6. The van der Waals surface area contributed by atoms with Crippen LogP contribution < -0.4 is 10.6 Å². The zero-order valence-corrected chi connectivity index (χ0v) is 13.7. The second kappa shape index (κ2) is 6.60. The van der Waals surface area contributed by atoms with Gasteiger partial charge in [0.25, 0.3) is 0 Å². The van der Waals surface area contributed by atoms with Crippen LogP contribution in [0.2, 0.25) is 0 Å². The molecule has 1 aromatic rings. The molecule has 0 aromatic carbocycles. The maximum absolute atomic E-state index is 11.5. The van der Waals surface area contributed by atoms with Crippen molar-refractivity contribution in [3.05, 3.63) is 11.8 Å². The number of nitrogens with one attached hydrogen (secondary N) is 2. The molecule has 1 aliphatic heterocycles. The van der Waals surface area contributed by atoms with Gasteiger partial charge in [-0.25, -0.2) is 13.4 Å². The van der Waals surface area contributed by atoms with Crippen LogP contribution in [-0.2, 0) is 9.84 Å². The quantitative estimate of drug-likeness (QED) is 0.834. The molecule has 1 unspecified atom stereocenters. The third-order valence-corrected chi connectivity index (χ3v) is 5.22. The Balaban J connectivity index is 1.98. The lowest BCUT2D eigenvalue weighted by molar-refractivity contribution is 0.602. The smallest absolute Gasteiger partial charge is 0.225 e. The first kappa shape index (κ1) is 16.0. The molecule has 0 radical (unpaired) electrons. The third-order valence-electron chi connectivity index (χ3n) is 3.45. The predicted octanol–water partition coefficient (Wildman–Crippen LogP) is 1.84. The van der Waals surface area contributed by atoms with E-state index >= 15 is 0 Å². The predicted molar refractivity (Wildman–Crippen MR) is 85.4 cm³/mol. The fourth-order valence-electron chi connectivity index (χ4n) is 2.30. The number of hydrogen-bond donors (Lipinski definition) is 2. The van der Waals surface area contributed by atoms with Crippen LogP contribution in [0.5, 0.6) is 0 Å². The molecule has 6 nitrogen and oxygen atoms in total. The van der Waals surface area contributed by atoms with Crippen molar-refractivity contribution >= 4 is 21.6 Å². The molecule has 0 saturated carbocycles. The average molecular weight is 312 g/mol. The molecule has 0 bridgehead atoms. The standard InChI is InChI=1S/C14H24N4O2S/c1-10(2)4-6-15-13-8-11(3)16-14(18-13)17-12-5-7-21(19,20)9-12/h8,10,12H,4-7,9H2,1-3H3,(H2,15,16,17,18). The summed E-state index contributed by atoms with van der Waals surface area (Å²) in [6.07, 6.45) is 1.70. The SMILES string of the molecule is Cc1cc(NCCC(C)C)nc(NC2CCS(=O)(=O)C2)n1. The van der Waals surface area contributed by atoms with E-state index in [2.05, 4.69) is 34.4 Å². The van der Waals surface area contributed by atoms with Crippen LogP contribution in [0.3, 0.4) is 0 Å². The van der Waals surface area contributed by atoms with Crippen molar-refractivity contribution in [2.75, 3.05) is 28.7 Å². The van der Waals surface area contributed by atoms with Crippen LogP contribution in [0, 0.1) is 12.8 Å². The van der Waals surface area contributed by atoms with Crippen molar-refractivity contribution in [3.63, 3.8) is 0 Å². The molecule has 2 N–H and O–H groups in total. The Labute approximate surface area is 126 Å². The van der Waals surface area contributed by atoms with Crippen molar-refractivity contribution in [1.29, 1.82) is 0 Å². The Morgan fingerprint density at radius 2 is 2.14 bits per heavy atom. The van der Waals surface area contributed by atoms with Crippen LogP contribution in [0.15, 0.2) is 6.07 Å². The number of aryl methyl sites for hydroxylation is 1. The van der Waals surface area contributed by atoms with E-state index in [-0.39, 0.29) is 17.5 Å². The zero-order valence-electron chi connectivity index (χ0n) is 12.9. The molecule has 0 amide bonds. The molecule has 0 spiro atoms. The summed E-state index contributed by atoms with van der Waals surface area (Å²) >= 11 is 0. The second-order valence-electron chi connectivity index (χ2n) is 6.07. The summed E-state index contributed by atoms with van der Waals surface area (Å²) in [7, 11) is -2.89. The highest BCUT2D eigenvalue weighted by molar-refractivity contribution is 7.91. The van der Waals surface area contributed by atoms with E-state index < -0.39 is 9.84 Å². The molecule has 7 heteroatoms. The summed E-state index contributed by atoms with van der Waals surface area (Å²) in [5.74, 6) is 2.34. The van der Waals surface area contributed by atoms with Gasteiger partial charge < -0.3 is 10.6 Å². The molecular formula is C14H24N4O2S. The van der Waals surface area contributed by atoms with E-state index in [1.165, 1.54) is 0 Å². The Hall–Kier alpha value is -1.37. The molecule has 1 fully saturated rings. The van der Waals surface area contributed by atoms with E-state index in [9.17, 15) is 8.42 Å². The summed E-state index contributed by atoms with van der Waals surface area (Å²) in [6.45, 7) is 7.14. The summed E-state index contributed by atoms with van der Waals surface area (Å²) in [5, 5.41) is 6.42. The number of anilines is 2. The summed E-state index contributed by atoms with van der Waals surface area (Å²) in [5.41, 5.74) is 0.861. The van der Waals surface area contributed by atoms with Crippen LogP contribution in [-0.4, -0.2) is 42.5 Å². The molecule has 2 heterocycles. The van der Waals surface area contributed by atoms with Gasteiger partial charge >= 0.3 is 0 Å². The van der Waals surface area contributed by atoms with Crippen LogP contribution >= 0.6 is 0 Å². The van der Waals surface area contributed by atoms with Crippen molar-refractivity contribution < 1.29 is 8.42 Å². The molecule has 0 aliphatic carbocycles. The minimum atomic E-state index is -2.89. The van der Waals surface area contributed by atoms with Gasteiger partial charge in [-0.2, -0.15) is 4.98 Å². The fourth-order valence-corrected chi connectivity index (χ4v) is 3.98. The monoisotopic (exact) mass is 312 g/mol. The van der Waals surface area contributed by atoms with Gasteiger partial charge in [-0.3, -0.25) is 0 Å². The Morgan fingerprint density at radius 1 is 1.38 bits per heavy atom. The zero-order chi connectivity index (χ0) is 15.5. The number of nitrogens with zero attached hydrogens (tertiary/aromatic N) is 2. The molecule has 1 aliphatic rings. The van der Waals surface area contributed by atoms with Crippen LogP contribution in [0.25, 0.3) is 0 Å². The van der Waals surface area contributed by atoms with Crippen molar-refractivity contribution in [2.45, 2.75) is 39.7 Å². The molecular weight excluding hydrogens is 288 g/mol. The highest BCUT2D eigenvalue weighted by atomic mass is 32.2. The first-order valence-corrected chi connectivity index (χ1v) is 9.23. The number of sulfone groups is 1. The largest absolute Gasteiger partial charge is 0.370 e. The van der Waals surface area contributed by atoms with E-state index in [0.717, 1.165) is 24.5 Å². The first-order chi connectivity index (χ1) is 9.84. The van der Waals surface area contributed by atoms with E-state index in [4.69, 9.17) is 0 Å². The summed E-state index contributed by atoms with van der Waals surface area (Å²) in [4.78, 5) is 8.74. The average Bonchev–Trinajstić information content (AvgIpc) is 2.67. The second-order valence-corrected chi connectivity index (χ2v) is 8.30. The van der Waals surface area contributed by atoms with Gasteiger partial charge in [0.15, 0.2) is 9.84 Å². The van der Waals surface area contributed by atoms with Crippen molar-refractivity contribution in [1.82, 2.24) is 9.97 Å². The highest BCUT2D eigenvalue weighted by Crippen LogP contribution is 2.17. The lowest BCUT2D eigenvalue weighted by Gasteiger charge is -2.13. The molecule has 2 rings (SSSR count). The Bertz CT molecular complexity index is 587. The number of aromatic nitrogens is 2. The molecule has 118 valence electrons. The van der Waals surface area contributed by atoms with Gasteiger partial charge in [-0.1, -0.05) is 13.8 Å². The molecule has 1 saturated heterocycles. The maximum atomic E-state index is 11.5. The third kappa shape index (κ3) is 5.15. The van der Waals surface area contributed by atoms with E-state index in [1.807, 2.05) is 13.0 Å². The molecule has 21 heavy (non-hydrogen) atoms. The molecule has 1 atom stereocenters. The minimum absolute atomic E-state index is 0.0830. The highest BCUT2D eigenvalue weighted by Gasteiger charge is 2.28. The van der Waals surface area contributed by atoms with Gasteiger partial charge in [0.2, 0.25) is 5.95 Å². The van der Waals surface area contributed by atoms with Crippen molar-refractivity contribution in [3.8, 4) is 0 Å². The fraction of sp³-hybridized carbons (Fsp3) is 0.714. The van der Waals surface area contributed by atoms with Crippen LogP contribution in [0.1, 0.15) is 32.4 Å². The lowest BCUT2D eigenvalue weighted by atomic mass is 10.1. The normalized spacial score (nSPS) is 20.7. The maximum Gasteiger partial charge on any atom is 0.225 e. The topological polar surface area (TPSA) is 84.0 Å². The van der Waals surface area contributed by atoms with Gasteiger partial charge in [-0.15, -0.1) is 0 Å². The van der Waals surface area contributed by atoms with E-state index in [0.29, 0.717) is 18.3 Å². The summed E-state index contributed by atoms with van der Waals surface area (Å²) in [6, 6.07) is 1.82. The lowest BCUT2D eigenvalue weighted by Crippen LogP contribution is -2.22. The van der Waals surface area contributed by atoms with Gasteiger partial charge in [0.05, 0.1) is 11.5 Å². The van der Waals surface area contributed by atoms with Crippen LogP contribution in [0.4, 0.5) is 11.8 Å². The van der Waals surface area contributed by atoms with Gasteiger partial charge in [-0.05, 0) is 25.7 Å². The van der Waals surface area contributed by atoms with Gasteiger partial charge in [0.1, 0.15) is 5.82 Å². The first-order valence-electron chi connectivity index (χ1n) is 7.40. The minimum Gasteiger partial charge on any atom is -0.370 e. The van der Waals surface area contributed by atoms with E-state index in [1.54, 1.807) is 0 Å². The molecule has 1 aromatic heterocycles. The summed E-state index contributed by atoms with van der Waals surface area (Å²) < 4.78 is 23.0. The van der Waals surface area contributed by atoms with Crippen molar-refractivity contribution in [2.24, 2.45) is 5.92 Å². The Morgan fingerprint density at radius 3 is 2.76 bits per heavy atom.